The minimum absolute atomic E-state index is 0.305. The summed E-state index contributed by atoms with van der Waals surface area (Å²) < 4.78 is 12.9. The maximum absolute atomic E-state index is 12.9. The molecule has 1 heterocycles. The second kappa shape index (κ2) is 4.74. The first-order valence-corrected chi connectivity index (χ1v) is 5.15. The predicted octanol–water partition coefficient (Wildman–Crippen LogP) is 2.78. The van der Waals surface area contributed by atoms with Crippen LogP contribution in [0.1, 0.15) is 16.1 Å². The van der Waals surface area contributed by atoms with Crippen LogP contribution in [0.15, 0.2) is 42.6 Å². The Hall–Kier alpha value is -2.23. The van der Waals surface area contributed by atoms with E-state index < -0.39 is 0 Å². The summed E-state index contributed by atoms with van der Waals surface area (Å²) in [6.45, 7) is 1.73. The molecule has 1 N–H and O–H groups in total. The number of rotatable bonds is 2. The summed E-state index contributed by atoms with van der Waals surface area (Å²) >= 11 is 0. The number of aryl methyl sites for hydroxylation is 1. The van der Waals surface area contributed by atoms with Gasteiger partial charge in [0.25, 0.3) is 5.91 Å². The number of nitrogens with one attached hydrogen (secondary N) is 1. The van der Waals surface area contributed by atoms with Crippen LogP contribution in [0.25, 0.3) is 0 Å². The Morgan fingerprint density at radius 1 is 1.29 bits per heavy atom. The number of hydrogen-bond donors (Lipinski definition) is 1. The zero-order valence-corrected chi connectivity index (χ0v) is 9.27. The standard InChI is InChI=1S/C13H11FN2O/c1-9-8-10(14)5-6-11(9)16-13(17)12-4-2-3-7-15-12/h2-8H,1H3,(H,16,17). The van der Waals surface area contributed by atoms with Crippen molar-refractivity contribution in [2.75, 3.05) is 5.32 Å². The maximum atomic E-state index is 12.9. The Balaban J connectivity index is 2.19. The molecular weight excluding hydrogens is 219 g/mol. The summed E-state index contributed by atoms with van der Waals surface area (Å²) in [5.74, 6) is -0.626. The van der Waals surface area contributed by atoms with Crippen LogP contribution >= 0.6 is 0 Å². The van der Waals surface area contributed by atoms with Gasteiger partial charge in [-0.05, 0) is 42.8 Å². The van der Waals surface area contributed by atoms with E-state index in [1.54, 1.807) is 31.3 Å². The van der Waals surface area contributed by atoms with E-state index in [1.165, 1.54) is 18.2 Å². The number of hydrogen-bond acceptors (Lipinski definition) is 2. The summed E-state index contributed by atoms with van der Waals surface area (Å²) in [5.41, 5.74) is 1.59. The van der Waals surface area contributed by atoms with Gasteiger partial charge in [-0.1, -0.05) is 6.07 Å². The van der Waals surface area contributed by atoms with Crippen molar-refractivity contribution in [3.05, 3.63) is 59.7 Å². The topological polar surface area (TPSA) is 42.0 Å². The average molecular weight is 230 g/mol. The Kier molecular flexibility index (Phi) is 3.14. The number of pyridine rings is 1. The number of halogens is 1. The monoisotopic (exact) mass is 230 g/mol. The minimum atomic E-state index is -0.321. The van der Waals surface area contributed by atoms with Gasteiger partial charge in [-0.15, -0.1) is 0 Å². The number of carbonyl (C=O) groups excluding carboxylic acids is 1. The molecule has 86 valence electrons. The molecule has 2 aromatic rings. The van der Waals surface area contributed by atoms with Crippen LogP contribution in [-0.4, -0.2) is 10.9 Å². The second-order valence-corrected chi connectivity index (χ2v) is 3.63. The molecule has 17 heavy (non-hydrogen) atoms. The van der Waals surface area contributed by atoms with Crippen molar-refractivity contribution in [3.63, 3.8) is 0 Å². The minimum Gasteiger partial charge on any atom is -0.320 e. The van der Waals surface area contributed by atoms with Crippen molar-refractivity contribution in [1.82, 2.24) is 4.98 Å². The van der Waals surface area contributed by atoms with E-state index in [0.717, 1.165) is 0 Å². The van der Waals surface area contributed by atoms with Crippen LogP contribution in [0.3, 0.4) is 0 Å². The van der Waals surface area contributed by atoms with Crippen LogP contribution < -0.4 is 5.32 Å². The van der Waals surface area contributed by atoms with E-state index in [1.807, 2.05) is 0 Å². The number of aromatic nitrogens is 1. The SMILES string of the molecule is Cc1cc(F)ccc1NC(=O)c1ccccn1. The smallest absolute Gasteiger partial charge is 0.274 e. The highest BCUT2D eigenvalue weighted by molar-refractivity contribution is 6.03. The summed E-state index contributed by atoms with van der Waals surface area (Å²) in [4.78, 5) is 15.7. The lowest BCUT2D eigenvalue weighted by atomic mass is 10.2. The van der Waals surface area contributed by atoms with Gasteiger partial charge in [0.15, 0.2) is 0 Å². The Labute approximate surface area is 98.3 Å². The molecule has 1 aromatic carbocycles. The van der Waals surface area contributed by atoms with Crippen molar-refractivity contribution in [2.24, 2.45) is 0 Å². The zero-order valence-electron chi connectivity index (χ0n) is 9.27. The largest absolute Gasteiger partial charge is 0.320 e. The molecule has 0 atom stereocenters. The highest BCUT2D eigenvalue weighted by atomic mass is 19.1. The van der Waals surface area contributed by atoms with Crippen molar-refractivity contribution in [1.29, 1.82) is 0 Å². The molecule has 1 amide bonds. The van der Waals surface area contributed by atoms with E-state index in [0.29, 0.717) is 16.9 Å². The van der Waals surface area contributed by atoms with Gasteiger partial charge in [0.05, 0.1) is 0 Å². The predicted molar refractivity (Wildman–Crippen MR) is 63.3 cm³/mol. The molecule has 1 aromatic heterocycles. The molecule has 4 heteroatoms. The molecule has 0 aliphatic carbocycles. The van der Waals surface area contributed by atoms with Crippen LogP contribution in [0.2, 0.25) is 0 Å². The lowest BCUT2D eigenvalue weighted by Gasteiger charge is -2.07. The van der Waals surface area contributed by atoms with Gasteiger partial charge < -0.3 is 5.32 Å². The fraction of sp³-hybridized carbons (Fsp3) is 0.0769. The summed E-state index contributed by atoms with van der Waals surface area (Å²) in [6, 6.07) is 9.30. The number of carbonyl (C=O) groups is 1. The van der Waals surface area contributed by atoms with Gasteiger partial charge >= 0.3 is 0 Å². The molecule has 3 nitrogen and oxygen atoms in total. The number of benzene rings is 1. The van der Waals surface area contributed by atoms with Crippen LogP contribution in [-0.2, 0) is 0 Å². The van der Waals surface area contributed by atoms with E-state index in [9.17, 15) is 9.18 Å². The summed E-state index contributed by atoms with van der Waals surface area (Å²) in [6.07, 6.45) is 1.55. The first-order chi connectivity index (χ1) is 8.16. The molecular formula is C13H11FN2O. The highest BCUT2D eigenvalue weighted by Gasteiger charge is 2.08. The number of amides is 1. The lowest BCUT2D eigenvalue weighted by molar-refractivity contribution is 0.102. The van der Waals surface area contributed by atoms with Crippen LogP contribution in [0.4, 0.5) is 10.1 Å². The Morgan fingerprint density at radius 2 is 2.12 bits per heavy atom. The molecule has 0 aliphatic rings. The van der Waals surface area contributed by atoms with E-state index in [4.69, 9.17) is 0 Å². The van der Waals surface area contributed by atoms with Gasteiger partial charge in [0.1, 0.15) is 11.5 Å². The molecule has 0 bridgehead atoms. The summed E-state index contributed by atoms with van der Waals surface area (Å²) in [5, 5.41) is 2.69. The molecule has 0 fully saturated rings. The van der Waals surface area contributed by atoms with Gasteiger partial charge in [-0.3, -0.25) is 9.78 Å². The molecule has 0 saturated carbocycles. The number of anilines is 1. The van der Waals surface area contributed by atoms with Gasteiger partial charge in [-0.2, -0.15) is 0 Å². The fourth-order valence-corrected chi connectivity index (χ4v) is 1.45. The Morgan fingerprint density at radius 3 is 2.76 bits per heavy atom. The first kappa shape index (κ1) is 11.3. The third kappa shape index (κ3) is 2.66. The van der Waals surface area contributed by atoms with Crippen LogP contribution in [0.5, 0.6) is 0 Å². The van der Waals surface area contributed by atoms with Crippen molar-refractivity contribution in [2.45, 2.75) is 6.92 Å². The first-order valence-electron chi connectivity index (χ1n) is 5.15. The molecule has 2 rings (SSSR count). The van der Waals surface area contributed by atoms with E-state index in [2.05, 4.69) is 10.3 Å². The zero-order chi connectivity index (χ0) is 12.3. The molecule has 0 radical (unpaired) electrons. The van der Waals surface area contributed by atoms with Gasteiger partial charge in [-0.25, -0.2) is 4.39 Å². The quantitative estimate of drug-likeness (QED) is 0.861. The van der Waals surface area contributed by atoms with Crippen molar-refractivity contribution in [3.8, 4) is 0 Å². The fourth-order valence-electron chi connectivity index (χ4n) is 1.45. The van der Waals surface area contributed by atoms with Crippen LogP contribution in [0, 0.1) is 12.7 Å². The number of nitrogens with zero attached hydrogens (tertiary/aromatic N) is 1. The lowest BCUT2D eigenvalue weighted by Crippen LogP contribution is -2.14. The molecule has 0 saturated heterocycles. The van der Waals surface area contributed by atoms with Gasteiger partial charge in [0.2, 0.25) is 0 Å². The maximum Gasteiger partial charge on any atom is 0.274 e. The van der Waals surface area contributed by atoms with Crippen molar-refractivity contribution < 1.29 is 9.18 Å². The Bertz CT molecular complexity index is 540. The van der Waals surface area contributed by atoms with Gasteiger partial charge in [0, 0.05) is 11.9 Å². The van der Waals surface area contributed by atoms with E-state index in [-0.39, 0.29) is 11.7 Å². The molecule has 0 unspecified atom stereocenters. The highest BCUT2D eigenvalue weighted by Crippen LogP contribution is 2.16. The molecule has 0 spiro atoms. The third-order valence-corrected chi connectivity index (χ3v) is 2.33. The second-order valence-electron chi connectivity index (χ2n) is 3.63. The summed E-state index contributed by atoms with van der Waals surface area (Å²) in [7, 11) is 0. The average Bonchev–Trinajstić information content (AvgIpc) is 2.34. The van der Waals surface area contributed by atoms with E-state index >= 15 is 0 Å². The normalized spacial score (nSPS) is 10.0. The third-order valence-electron chi connectivity index (χ3n) is 2.33. The molecule has 0 aliphatic heterocycles. The van der Waals surface area contributed by atoms with Crippen molar-refractivity contribution >= 4 is 11.6 Å².